The number of hydrogen-bond acceptors (Lipinski definition) is 8. The Bertz CT molecular complexity index is 782. The number of nitrogens with zero attached hydrogens (tertiary/aromatic N) is 5. The number of nitrogens with two attached hydrogens (primary N) is 1. The molecule has 10 heteroatoms. The molecular weight excluding hydrogens is 324 g/mol. The lowest BCUT2D eigenvalue weighted by atomic mass is 10.1. The van der Waals surface area contributed by atoms with Crippen LogP contribution in [0.1, 0.15) is 23.2 Å². The molecule has 0 amide bonds. The monoisotopic (exact) mass is 338 g/mol. The minimum absolute atomic E-state index is 0.0897. The van der Waals surface area contributed by atoms with E-state index in [0.717, 1.165) is 22.2 Å². The summed E-state index contributed by atoms with van der Waals surface area (Å²) in [6.07, 6.45) is 0.802. The van der Waals surface area contributed by atoms with Crippen LogP contribution >= 0.6 is 22.9 Å². The van der Waals surface area contributed by atoms with E-state index in [1.807, 2.05) is 13.8 Å². The summed E-state index contributed by atoms with van der Waals surface area (Å²) in [5, 5.41) is 17.0. The van der Waals surface area contributed by atoms with Gasteiger partial charge in [0.1, 0.15) is 5.82 Å². The zero-order valence-corrected chi connectivity index (χ0v) is 13.7. The molecule has 4 N–H and O–H groups in total. The molecule has 0 aliphatic carbocycles. The lowest BCUT2D eigenvalue weighted by Gasteiger charge is -2.04. The summed E-state index contributed by atoms with van der Waals surface area (Å²) in [4.78, 5) is 9.82. The molecule has 3 aromatic rings. The zero-order chi connectivity index (χ0) is 15.7. The maximum atomic E-state index is 6.04. The molecule has 3 rings (SSSR count). The number of H-pyrrole nitrogens is 1. The molecule has 0 fully saturated rings. The minimum Gasteiger partial charge on any atom is -0.361 e. The second kappa shape index (κ2) is 6.11. The lowest BCUT2D eigenvalue weighted by molar-refractivity contribution is 0.744. The molecule has 0 aliphatic rings. The first-order valence-electron chi connectivity index (χ1n) is 6.72. The normalized spacial score (nSPS) is 12.7. The van der Waals surface area contributed by atoms with E-state index in [1.54, 1.807) is 11.3 Å². The van der Waals surface area contributed by atoms with Crippen molar-refractivity contribution in [2.24, 2.45) is 5.73 Å². The van der Waals surface area contributed by atoms with Crippen molar-refractivity contribution in [3.05, 3.63) is 21.5 Å². The largest absolute Gasteiger partial charge is 0.361 e. The van der Waals surface area contributed by atoms with Crippen molar-refractivity contribution in [1.29, 1.82) is 0 Å². The minimum atomic E-state index is 0.0897. The summed E-state index contributed by atoms with van der Waals surface area (Å²) in [6, 6.07) is 0.0897. The van der Waals surface area contributed by atoms with Gasteiger partial charge in [0.05, 0.1) is 16.8 Å². The summed E-state index contributed by atoms with van der Waals surface area (Å²) in [6.45, 7) is 4.44. The fourth-order valence-corrected chi connectivity index (χ4v) is 3.66. The number of aromatic nitrogens is 6. The number of halogens is 1. The number of anilines is 1. The highest BCUT2D eigenvalue weighted by Crippen LogP contribution is 2.35. The molecule has 0 aliphatic heterocycles. The second-order valence-corrected chi connectivity index (χ2v) is 6.50. The molecule has 0 bridgehead atoms. The van der Waals surface area contributed by atoms with E-state index in [0.29, 0.717) is 18.2 Å². The molecule has 0 saturated carbocycles. The Morgan fingerprint density at radius 2 is 2.23 bits per heavy atom. The highest BCUT2D eigenvalue weighted by Gasteiger charge is 2.16. The van der Waals surface area contributed by atoms with Gasteiger partial charge in [-0.25, -0.2) is 10.1 Å². The Balaban J connectivity index is 1.98. The summed E-state index contributed by atoms with van der Waals surface area (Å²) in [7, 11) is 0. The van der Waals surface area contributed by atoms with E-state index in [4.69, 9.17) is 17.3 Å². The Hall–Kier alpha value is -1.84. The van der Waals surface area contributed by atoms with Crippen LogP contribution in [-0.2, 0) is 13.0 Å². The fourth-order valence-electron chi connectivity index (χ4n) is 2.13. The quantitative estimate of drug-likeness (QED) is 0.605. The van der Waals surface area contributed by atoms with Crippen molar-refractivity contribution >= 4 is 39.0 Å². The molecular formula is C12H15ClN8S. The Morgan fingerprint density at radius 1 is 1.41 bits per heavy atom. The average Bonchev–Trinajstić information content (AvgIpc) is 3.07. The van der Waals surface area contributed by atoms with Crippen LogP contribution in [0.25, 0.3) is 10.2 Å². The van der Waals surface area contributed by atoms with Gasteiger partial charge in [0.2, 0.25) is 5.28 Å². The summed E-state index contributed by atoms with van der Waals surface area (Å²) < 4.78 is 0.963. The van der Waals surface area contributed by atoms with Crippen LogP contribution in [0.5, 0.6) is 0 Å². The summed E-state index contributed by atoms with van der Waals surface area (Å²) in [5.74, 6) is 1.29. The van der Waals surface area contributed by atoms with Gasteiger partial charge in [-0.15, -0.1) is 16.4 Å². The van der Waals surface area contributed by atoms with Crippen molar-refractivity contribution in [3.8, 4) is 0 Å². The van der Waals surface area contributed by atoms with Crippen molar-refractivity contribution in [2.75, 3.05) is 5.32 Å². The van der Waals surface area contributed by atoms with Crippen LogP contribution in [0.15, 0.2) is 0 Å². The molecule has 116 valence electrons. The van der Waals surface area contributed by atoms with Crippen molar-refractivity contribution in [2.45, 2.75) is 32.9 Å². The number of aromatic amines is 1. The molecule has 0 saturated heterocycles. The number of hydrogen-bond donors (Lipinski definition) is 3. The van der Waals surface area contributed by atoms with Crippen LogP contribution < -0.4 is 11.1 Å². The van der Waals surface area contributed by atoms with Gasteiger partial charge >= 0.3 is 0 Å². The molecule has 22 heavy (non-hydrogen) atoms. The van der Waals surface area contributed by atoms with E-state index < -0.39 is 0 Å². The molecule has 0 spiro atoms. The molecule has 0 unspecified atom stereocenters. The van der Waals surface area contributed by atoms with Crippen molar-refractivity contribution < 1.29 is 0 Å². The van der Waals surface area contributed by atoms with E-state index >= 15 is 0 Å². The fraction of sp³-hybridized carbons (Fsp3) is 0.417. The van der Waals surface area contributed by atoms with Crippen LogP contribution in [0.4, 0.5) is 5.82 Å². The van der Waals surface area contributed by atoms with E-state index in [2.05, 4.69) is 35.9 Å². The number of thiophene rings is 1. The summed E-state index contributed by atoms with van der Waals surface area (Å²) >= 11 is 7.68. The van der Waals surface area contributed by atoms with E-state index in [9.17, 15) is 0 Å². The van der Waals surface area contributed by atoms with Crippen LogP contribution in [0.2, 0.25) is 5.28 Å². The number of rotatable bonds is 5. The first-order valence-corrected chi connectivity index (χ1v) is 7.91. The first-order chi connectivity index (χ1) is 10.5. The highest BCUT2D eigenvalue weighted by atomic mass is 35.5. The average molecular weight is 339 g/mol. The van der Waals surface area contributed by atoms with E-state index in [-0.39, 0.29) is 11.3 Å². The maximum Gasteiger partial charge on any atom is 0.224 e. The molecule has 1 atom stereocenters. The third-order valence-electron chi connectivity index (χ3n) is 3.16. The number of aryl methyl sites for hydroxylation is 1. The predicted molar refractivity (Wildman–Crippen MR) is 86.0 cm³/mol. The molecule has 0 radical (unpaired) electrons. The van der Waals surface area contributed by atoms with Gasteiger partial charge in [0.25, 0.3) is 0 Å². The predicted octanol–water partition coefficient (Wildman–Crippen LogP) is 1.67. The SMILES string of the molecule is Cc1c(C[C@H](C)N)sc2c(NCc3nnn[nH]3)nc(Cl)nc12. The molecule has 0 aromatic carbocycles. The number of tetrazole rings is 1. The zero-order valence-electron chi connectivity index (χ0n) is 12.1. The third-order valence-corrected chi connectivity index (χ3v) is 4.64. The molecule has 8 nitrogen and oxygen atoms in total. The van der Waals surface area contributed by atoms with Gasteiger partial charge in [0.15, 0.2) is 5.82 Å². The van der Waals surface area contributed by atoms with Crippen LogP contribution in [0, 0.1) is 6.92 Å². The van der Waals surface area contributed by atoms with Crippen molar-refractivity contribution in [3.63, 3.8) is 0 Å². The number of nitrogens with one attached hydrogen (secondary N) is 2. The lowest BCUT2D eigenvalue weighted by Crippen LogP contribution is -2.17. The Morgan fingerprint density at radius 3 is 2.91 bits per heavy atom. The van der Waals surface area contributed by atoms with Crippen LogP contribution in [-0.4, -0.2) is 36.6 Å². The highest BCUT2D eigenvalue weighted by molar-refractivity contribution is 7.19. The second-order valence-electron chi connectivity index (χ2n) is 5.05. The van der Waals surface area contributed by atoms with Gasteiger partial charge < -0.3 is 11.1 Å². The van der Waals surface area contributed by atoms with Gasteiger partial charge in [-0.05, 0) is 47.9 Å². The summed E-state index contributed by atoms with van der Waals surface area (Å²) in [5.41, 5.74) is 7.87. The molecule has 3 aromatic heterocycles. The third kappa shape index (κ3) is 3.01. The Kier molecular flexibility index (Phi) is 4.19. The first kappa shape index (κ1) is 15.1. The number of fused-ring (bicyclic) bond motifs is 1. The van der Waals surface area contributed by atoms with Gasteiger partial charge in [0, 0.05) is 10.9 Å². The Labute approximate surface area is 135 Å². The van der Waals surface area contributed by atoms with Crippen molar-refractivity contribution in [1.82, 2.24) is 30.6 Å². The van der Waals surface area contributed by atoms with Crippen LogP contribution in [0.3, 0.4) is 0 Å². The van der Waals surface area contributed by atoms with Gasteiger partial charge in [-0.1, -0.05) is 0 Å². The van der Waals surface area contributed by atoms with Gasteiger partial charge in [-0.2, -0.15) is 4.98 Å². The smallest absolute Gasteiger partial charge is 0.224 e. The van der Waals surface area contributed by atoms with Gasteiger partial charge in [-0.3, -0.25) is 0 Å². The standard InChI is InChI=1S/C12H15ClN8S/c1-5(14)3-7-6(2)9-10(22-7)11(17-12(13)16-9)15-4-8-18-20-21-19-8/h5H,3-4,14H2,1-2H3,(H,15,16,17)(H,18,19,20,21)/t5-/m0/s1. The molecule has 3 heterocycles. The van der Waals surface area contributed by atoms with E-state index in [1.165, 1.54) is 4.88 Å². The maximum absolute atomic E-state index is 6.04. The topological polar surface area (TPSA) is 118 Å².